The van der Waals surface area contributed by atoms with E-state index in [1.807, 2.05) is 151 Å². The predicted molar refractivity (Wildman–Crippen MR) is 478 cm³/mol. The highest BCUT2D eigenvalue weighted by Crippen LogP contribution is 2.43. The number of esters is 1. The number of ether oxygens (including phenoxy) is 3. The fourth-order valence-electron chi connectivity index (χ4n) is 16.2. The first-order valence-electron chi connectivity index (χ1n) is 41.6. The van der Waals surface area contributed by atoms with Gasteiger partial charge in [0, 0.05) is 167 Å². The van der Waals surface area contributed by atoms with Gasteiger partial charge in [-0.15, -0.1) is 0 Å². The molecule has 0 atom stereocenters. The summed E-state index contributed by atoms with van der Waals surface area (Å²) in [7, 11) is 0. The molecule has 10 aromatic rings. The molecule has 5 aromatic heterocycles. The average molecular weight is 1760 g/mol. The van der Waals surface area contributed by atoms with Crippen LogP contribution in [0.4, 0.5) is 9.59 Å². The standard InChI is InChI=1S/C23H27N3O3.C18H19N3O.C15H13NO.C14H11NO2.C12H8BrN.C10H19NO2.C6H11BrO2/c1-23(2,3)29-22(28)26-12-10-25(11-13-26)20(27)15-17-8-9-24-19-14-16-6-4-5-7-18(16)21(17)19;22-17(21-9-7-19-8-10-21)12-14-5-6-20-16-11-13-3-1-2-4-15(13)18(14)16;1-10(17)8-12-6-7-16-14-9-11-4-2-3-5-13(11)15(12)14;16-13(17)8-10-5-6-15-12-7-9-3-1-2-4-11(9)14(10)12;13-10-5-6-14-11-7-8-3-1-2-4-9(8)12(10)11;1-10(2,3)13-9(12)11-7-5-4-6-8-11;1-6(2,3)9-5(8)4-7/h4-9H,10-15H2,1-3H3;1-6,19H,7-12H2;2-7H,8-9H2,1H3;1-6H,7-8H2,(H,16,17);1-6H,7H2;4-8H2,1-3H3;4H2,1-3H3. The normalized spacial score (nSPS) is 14.3. The van der Waals surface area contributed by atoms with Crippen LogP contribution in [0.25, 0.3) is 55.6 Å². The van der Waals surface area contributed by atoms with E-state index in [0.29, 0.717) is 45.4 Å². The predicted octanol–water partition coefficient (Wildman–Crippen LogP) is 17.5. The molecule has 4 amide bonds. The van der Waals surface area contributed by atoms with Crippen molar-refractivity contribution in [3.05, 3.63) is 266 Å². The molecule has 5 aliphatic carbocycles. The Morgan fingerprint density at radius 2 is 0.669 bits per heavy atom. The SMILES string of the molecule is Brc1ccnc2c1-c1ccccc1C2.CC(=O)Cc1ccnc2c1-c1ccccc1C2.CC(C)(C)OC(=O)CBr.CC(C)(C)OC(=O)N1CCCCC1.CC(C)(C)OC(=O)N1CCN(C(=O)Cc2ccnc3c2-c2ccccc2C3)CC1.O=C(Cc1ccnc2c1-c1ccccc1C2)N1CCNCC1.O=C(O)Cc1ccnc2c1-c1ccccc1C2. The zero-order valence-corrected chi connectivity index (χ0v) is 74.1. The van der Waals surface area contributed by atoms with Crippen LogP contribution < -0.4 is 5.32 Å². The number of nitrogens with zero attached hydrogens (tertiary/aromatic N) is 9. The van der Waals surface area contributed by atoms with Crippen LogP contribution in [-0.4, -0.2) is 179 Å². The Morgan fingerprint density at radius 3 is 1.00 bits per heavy atom. The van der Waals surface area contributed by atoms with Crippen LogP contribution in [-0.2, 0) is 96.0 Å². The van der Waals surface area contributed by atoms with Gasteiger partial charge in [0.25, 0.3) is 0 Å². The number of amides is 4. The lowest BCUT2D eigenvalue weighted by molar-refractivity contribution is -0.151. The summed E-state index contributed by atoms with van der Waals surface area (Å²) in [4.78, 5) is 111. The number of carbonyl (C=O) groups is 7. The van der Waals surface area contributed by atoms with Gasteiger partial charge in [-0.1, -0.05) is 153 Å². The van der Waals surface area contributed by atoms with Crippen molar-refractivity contribution in [2.24, 2.45) is 0 Å². The molecule has 3 aliphatic heterocycles. The average Bonchev–Trinajstić information content (AvgIpc) is 1.65. The highest BCUT2D eigenvalue weighted by atomic mass is 79.9. The molecule has 18 rings (SSSR count). The van der Waals surface area contributed by atoms with Crippen LogP contribution in [0.3, 0.4) is 0 Å². The van der Waals surface area contributed by atoms with Crippen molar-refractivity contribution >= 4 is 73.6 Å². The third-order valence-corrected chi connectivity index (χ3v) is 22.5. The number of ketones is 1. The second-order valence-corrected chi connectivity index (χ2v) is 35.4. The van der Waals surface area contributed by atoms with Gasteiger partial charge in [-0.2, -0.15) is 0 Å². The van der Waals surface area contributed by atoms with Crippen molar-refractivity contribution in [3.63, 3.8) is 0 Å². The number of hydrogen-bond acceptors (Lipinski definition) is 16. The number of aliphatic carboxylic acids is 1. The monoisotopic (exact) mass is 1760 g/mol. The highest BCUT2D eigenvalue weighted by Gasteiger charge is 2.33. The number of rotatable bonds is 9. The summed E-state index contributed by atoms with van der Waals surface area (Å²) in [6, 6.07) is 51.4. The molecule has 630 valence electrons. The molecule has 23 heteroatoms. The molecule has 2 N–H and O–H groups in total. The number of piperazine rings is 2. The molecule has 0 bridgehead atoms. The summed E-state index contributed by atoms with van der Waals surface area (Å²) in [5.74, 6) is -0.515. The maximum absolute atomic E-state index is 13.0. The van der Waals surface area contributed by atoms with E-state index in [4.69, 9.17) is 19.3 Å². The number of likely N-dealkylation sites (tertiary alicyclic amines) is 1. The number of alkyl halides is 1. The van der Waals surface area contributed by atoms with E-state index >= 15 is 0 Å². The lowest BCUT2D eigenvalue weighted by Gasteiger charge is -2.35. The summed E-state index contributed by atoms with van der Waals surface area (Å²) in [5, 5.41) is 12.5. The first-order valence-corrected chi connectivity index (χ1v) is 43.5. The van der Waals surface area contributed by atoms with Crippen molar-refractivity contribution in [1.29, 1.82) is 0 Å². The second-order valence-electron chi connectivity index (χ2n) is 34.0. The molecule has 0 unspecified atom stereocenters. The fraction of sp³-hybridized carbons (Fsp3) is 0.367. The molecule has 0 radical (unpaired) electrons. The van der Waals surface area contributed by atoms with Crippen LogP contribution >= 0.6 is 31.9 Å². The molecular formula is C98H108Br2N10O11. The topological polar surface area (TPSA) is 257 Å². The Kier molecular flexibility index (Phi) is 29.8. The Bertz CT molecular complexity index is 5310. The molecule has 0 spiro atoms. The lowest BCUT2D eigenvalue weighted by atomic mass is 9.99. The molecule has 8 heterocycles. The fourth-order valence-corrected chi connectivity index (χ4v) is 16.8. The third kappa shape index (κ3) is 23.7. The van der Waals surface area contributed by atoms with Gasteiger partial charge >= 0.3 is 24.1 Å². The highest BCUT2D eigenvalue weighted by molar-refractivity contribution is 9.10. The van der Waals surface area contributed by atoms with E-state index in [1.165, 1.54) is 78.9 Å². The van der Waals surface area contributed by atoms with E-state index in [2.05, 4.69) is 147 Å². The van der Waals surface area contributed by atoms with E-state index in [-0.39, 0.29) is 58.7 Å². The van der Waals surface area contributed by atoms with Crippen LogP contribution in [0.2, 0.25) is 0 Å². The number of carbonyl (C=O) groups excluding carboxylic acids is 6. The largest absolute Gasteiger partial charge is 0.481 e. The van der Waals surface area contributed by atoms with Crippen molar-refractivity contribution in [2.45, 2.75) is 163 Å². The summed E-state index contributed by atoms with van der Waals surface area (Å²) in [5.41, 5.74) is 26.7. The Balaban J connectivity index is 0.000000133. The number of piperidine rings is 1. The van der Waals surface area contributed by atoms with E-state index in [9.17, 15) is 33.6 Å². The minimum atomic E-state index is -0.803. The number of carboxylic acid groups (broad SMARTS) is 1. The quantitative estimate of drug-likeness (QED) is 0.0773. The van der Waals surface area contributed by atoms with Gasteiger partial charge in [0.1, 0.15) is 27.9 Å². The molecule has 121 heavy (non-hydrogen) atoms. The van der Waals surface area contributed by atoms with Gasteiger partial charge in [-0.25, -0.2) is 9.59 Å². The number of halogens is 2. The summed E-state index contributed by atoms with van der Waals surface area (Å²) < 4.78 is 16.7. The summed E-state index contributed by atoms with van der Waals surface area (Å²) in [6.45, 7) is 25.6. The summed E-state index contributed by atoms with van der Waals surface area (Å²) in [6.07, 6.45) is 17.7. The lowest BCUT2D eigenvalue weighted by Crippen LogP contribution is -2.52. The maximum Gasteiger partial charge on any atom is 0.410 e. The number of carboxylic acids is 1. The number of pyridine rings is 5. The van der Waals surface area contributed by atoms with Gasteiger partial charge in [0.2, 0.25) is 11.8 Å². The molecule has 3 fully saturated rings. The van der Waals surface area contributed by atoms with Crippen LogP contribution in [0, 0.1) is 0 Å². The molecule has 3 saturated heterocycles. The van der Waals surface area contributed by atoms with Gasteiger partial charge in [0.05, 0.1) is 47.7 Å². The Labute approximate surface area is 726 Å². The molecule has 21 nitrogen and oxygen atoms in total. The van der Waals surface area contributed by atoms with E-state index in [1.54, 1.807) is 35.2 Å². The van der Waals surface area contributed by atoms with E-state index < -0.39 is 11.6 Å². The molecule has 8 aliphatic rings. The number of hydrogen-bond donors (Lipinski definition) is 2. The number of Topliss-reactive ketones (excluding diaryl/α,β-unsaturated/α-hetero) is 1. The van der Waals surface area contributed by atoms with Gasteiger partial charge < -0.3 is 44.2 Å². The number of nitrogens with one attached hydrogen (secondary N) is 1. The van der Waals surface area contributed by atoms with Gasteiger partial charge in [-0.05, 0) is 197 Å². The Hall–Kier alpha value is -11.1. The third-order valence-electron chi connectivity index (χ3n) is 21.4. The smallest absolute Gasteiger partial charge is 0.410 e. The van der Waals surface area contributed by atoms with Crippen LogP contribution in [0.15, 0.2) is 187 Å². The first-order chi connectivity index (χ1) is 58.0. The maximum atomic E-state index is 13.0. The van der Waals surface area contributed by atoms with Crippen molar-refractivity contribution in [1.82, 2.24) is 49.8 Å². The second kappa shape index (κ2) is 40.5. The van der Waals surface area contributed by atoms with Gasteiger partial charge in [-0.3, -0.25) is 48.9 Å². The van der Waals surface area contributed by atoms with Crippen molar-refractivity contribution < 1.29 is 52.9 Å². The molecular weight excluding hydrogens is 1650 g/mol. The van der Waals surface area contributed by atoms with Gasteiger partial charge in [0.15, 0.2) is 0 Å². The zero-order valence-electron chi connectivity index (χ0n) is 70.9. The minimum absolute atomic E-state index is 0.0547. The van der Waals surface area contributed by atoms with Crippen LogP contribution in [0.1, 0.15) is 167 Å². The van der Waals surface area contributed by atoms with Crippen molar-refractivity contribution in [3.8, 4) is 55.6 Å². The first kappa shape index (κ1) is 89.1. The van der Waals surface area contributed by atoms with Crippen molar-refractivity contribution in [2.75, 3.05) is 70.8 Å². The summed E-state index contributed by atoms with van der Waals surface area (Å²) >= 11 is 6.57. The van der Waals surface area contributed by atoms with Crippen LogP contribution in [0.5, 0.6) is 0 Å². The number of aromatic nitrogens is 5. The Morgan fingerprint density at radius 1 is 0.372 bits per heavy atom. The molecule has 5 aromatic carbocycles. The number of benzene rings is 5. The minimum Gasteiger partial charge on any atom is -0.481 e. The van der Waals surface area contributed by atoms with E-state index in [0.717, 1.165) is 150 Å². The molecule has 0 saturated carbocycles. The zero-order chi connectivity index (χ0) is 86.1. The number of fused-ring (bicyclic) bond motifs is 15.